The molecule has 3 rings (SSSR count). The van der Waals surface area contributed by atoms with Crippen LogP contribution in [-0.2, 0) is 9.84 Å². The van der Waals surface area contributed by atoms with Crippen molar-refractivity contribution in [2.75, 3.05) is 6.26 Å². The van der Waals surface area contributed by atoms with Crippen molar-refractivity contribution in [1.82, 2.24) is 9.78 Å². The second kappa shape index (κ2) is 9.53. The Kier molecular flexibility index (Phi) is 6.81. The van der Waals surface area contributed by atoms with Gasteiger partial charge in [0.25, 0.3) is 0 Å². The Bertz CT molecular complexity index is 1260. The number of hydrogen-bond donors (Lipinski definition) is 0. The number of benzene rings is 2. The van der Waals surface area contributed by atoms with Crippen molar-refractivity contribution in [3.05, 3.63) is 95.9 Å². The lowest BCUT2D eigenvalue weighted by molar-refractivity contribution is 0.466. The van der Waals surface area contributed by atoms with E-state index in [0.717, 1.165) is 17.4 Å². The van der Waals surface area contributed by atoms with Crippen LogP contribution in [0, 0.1) is 5.82 Å². The van der Waals surface area contributed by atoms with Crippen LogP contribution in [0.15, 0.2) is 89.4 Å². The van der Waals surface area contributed by atoms with Gasteiger partial charge in [-0.3, -0.25) is 4.79 Å². The van der Waals surface area contributed by atoms with Gasteiger partial charge in [-0.15, -0.1) is 6.58 Å². The van der Waals surface area contributed by atoms with Crippen molar-refractivity contribution in [3.63, 3.8) is 0 Å². The van der Waals surface area contributed by atoms with Gasteiger partial charge < -0.3 is 4.74 Å². The first-order chi connectivity index (χ1) is 14.8. The van der Waals surface area contributed by atoms with Crippen molar-refractivity contribution in [3.8, 4) is 22.6 Å². The van der Waals surface area contributed by atoms with Crippen molar-refractivity contribution in [2.45, 2.75) is 17.7 Å². The topological polar surface area (TPSA) is 78.3 Å². The summed E-state index contributed by atoms with van der Waals surface area (Å²) >= 11 is 0. The molecule has 1 heterocycles. The van der Waals surface area contributed by atoms with Gasteiger partial charge in [0.2, 0.25) is 5.75 Å². The van der Waals surface area contributed by atoms with Crippen LogP contribution in [-0.4, -0.2) is 24.5 Å². The van der Waals surface area contributed by atoms with E-state index in [1.54, 1.807) is 24.3 Å². The molecule has 0 aliphatic rings. The SMILES string of the molecule is C=CCCC=COc1c(-c2ccc(S(C)(=O)=O)cc2)cnn(-c2ccc(F)cc2)c1=O. The predicted octanol–water partition coefficient (Wildman–Crippen LogP) is 4.30. The van der Waals surface area contributed by atoms with Gasteiger partial charge in [0.15, 0.2) is 9.84 Å². The number of ether oxygens (including phenoxy) is 1. The Morgan fingerprint density at radius 1 is 1.10 bits per heavy atom. The first-order valence-corrected chi connectivity index (χ1v) is 11.3. The van der Waals surface area contributed by atoms with Gasteiger partial charge in [-0.05, 0) is 60.9 Å². The van der Waals surface area contributed by atoms with Crippen LogP contribution in [0.2, 0.25) is 0 Å². The molecule has 0 atom stereocenters. The van der Waals surface area contributed by atoms with Crippen LogP contribution in [0.3, 0.4) is 0 Å². The molecule has 8 heteroatoms. The lowest BCUT2D eigenvalue weighted by Gasteiger charge is -2.12. The third kappa shape index (κ3) is 5.35. The fourth-order valence-corrected chi connectivity index (χ4v) is 3.43. The smallest absolute Gasteiger partial charge is 0.315 e. The molecule has 0 aliphatic heterocycles. The highest BCUT2D eigenvalue weighted by molar-refractivity contribution is 7.90. The highest BCUT2D eigenvalue weighted by atomic mass is 32.2. The van der Waals surface area contributed by atoms with E-state index in [1.807, 2.05) is 0 Å². The van der Waals surface area contributed by atoms with Crippen LogP contribution in [0.4, 0.5) is 4.39 Å². The second-order valence-electron chi connectivity index (χ2n) is 6.73. The molecule has 160 valence electrons. The Hall–Kier alpha value is -3.52. The van der Waals surface area contributed by atoms with E-state index >= 15 is 0 Å². The number of sulfone groups is 1. The van der Waals surface area contributed by atoms with Crippen molar-refractivity contribution >= 4 is 9.84 Å². The average Bonchev–Trinajstić information content (AvgIpc) is 2.75. The van der Waals surface area contributed by atoms with Crippen molar-refractivity contribution in [2.24, 2.45) is 0 Å². The number of nitrogens with zero attached hydrogens (tertiary/aromatic N) is 2. The zero-order valence-electron chi connectivity index (χ0n) is 16.9. The van der Waals surface area contributed by atoms with Gasteiger partial charge in [0.1, 0.15) is 5.82 Å². The largest absolute Gasteiger partial charge is 0.459 e. The number of allylic oxidation sites excluding steroid dienone is 2. The number of halogens is 1. The summed E-state index contributed by atoms with van der Waals surface area (Å²) in [5.74, 6) is -0.415. The molecule has 0 N–H and O–H groups in total. The molecule has 0 unspecified atom stereocenters. The van der Waals surface area contributed by atoms with Crippen LogP contribution in [0.25, 0.3) is 16.8 Å². The molecule has 2 aromatic carbocycles. The van der Waals surface area contributed by atoms with E-state index in [-0.39, 0.29) is 10.6 Å². The quantitative estimate of drug-likeness (QED) is 0.296. The lowest BCUT2D eigenvalue weighted by atomic mass is 10.1. The van der Waals surface area contributed by atoms with Crippen molar-refractivity contribution in [1.29, 1.82) is 0 Å². The molecule has 0 bridgehead atoms. The minimum absolute atomic E-state index is 0.0151. The molecule has 3 aromatic rings. The fraction of sp³-hybridized carbons (Fsp3) is 0.130. The highest BCUT2D eigenvalue weighted by Gasteiger charge is 2.16. The molecule has 0 fully saturated rings. The first-order valence-electron chi connectivity index (χ1n) is 9.42. The van der Waals surface area contributed by atoms with E-state index in [2.05, 4.69) is 11.7 Å². The summed E-state index contributed by atoms with van der Waals surface area (Å²) in [7, 11) is -3.35. The van der Waals surface area contributed by atoms with Crippen molar-refractivity contribution < 1.29 is 17.5 Å². The maximum Gasteiger partial charge on any atom is 0.315 e. The van der Waals surface area contributed by atoms with E-state index < -0.39 is 21.2 Å². The second-order valence-corrected chi connectivity index (χ2v) is 8.75. The average molecular weight is 440 g/mol. The normalized spacial score (nSPS) is 11.5. The lowest BCUT2D eigenvalue weighted by Crippen LogP contribution is -2.22. The molecular formula is C23H21FN2O4S. The summed E-state index contributed by atoms with van der Waals surface area (Å²) in [6, 6.07) is 11.4. The minimum Gasteiger partial charge on any atom is -0.459 e. The van der Waals surface area contributed by atoms with Gasteiger partial charge >= 0.3 is 5.56 Å². The molecule has 1 aromatic heterocycles. The Morgan fingerprint density at radius 3 is 2.39 bits per heavy atom. The Balaban J connectivity index is 2.08. The van der Waals surface area contributed by atoms with Gasteiger partial charge in [-0.1, -0.05) is 18.2 Å². The monoisotopic (exact) mass is 440 g/mol. The molecule has 0 spiro atoms. The maximum atomic E-state index is 13.3. The minimum atomic E-state index is -3.35. The van der Waals surface area contributed by atoms with Gasteiger partial charge in [0, 0.05) is 6.26 Å². The number of rotatable bonds is 8. The van der Waals surface area contributed by atoms with Gasteiger partial charge in [0.05, 0.1) is 28.6 Å². The van der Waals surface area contributed by atoms with E-state index in [1.165, 1.54) is 48.9 Å². The van der Waals surface area contributed by atoms with E-state index in [4.69, 9.17) is 4.74 Å². The number of aromatic nitrogens is 2. The molecule has 0 saturated heterocycles. The van der Waals surface area contributed by atoms with Crippen LogP contribution in [0.1, 0.15) is 12.8 Å². The van der Waals surface area contributed by atoms with E-state index in [0.29, 0.717) is 23.2 Å². The zero-order chi connectivity index (χ0) is 22.4. The molecule has 0 saturated carbocycles. The summed E-state index contributed by atoms with van der Waals surface area (Å²) < 4.78 is 43.5. The number of unbranched alkanes of at least 4 members (excludes halogenated alkanes) is 1. The third-order valence-electron chi connectivity index (χ3n) is 4.42. The molecular weight excluding hydrogens is 419 g/mol. The zero-order valence-corrected chi connectivity index (χ0v) is 17.7. The molecule has 0 amide bonds. The van der Waals surface area contributed by atoms with Gasteiger partial charge in [-0.2, -0.15) is 9.78 Å². The Morgan fingerprint density at radius 2 is 1.77 bits per heavy atom. The maximum absolute atomic E-state index is 13.3. The predicted molar refractivity (Wildman–Crippen MR) is 118 cm³/mol. The van der Waals surface area contributed by atoms with Crippen LogP contribution in [0.5, 0.6) is 5.75 Å². The first kappa shape index (κ1) is 22.2. The molecule has 0 aliphatic carbocycles. The summed E-state index contributed by atoms with van der Waals surface area (Å²) in [5, 5.41) is 4.19. The number of hydrogen-bond acceptors (Lipinski definition) is 5. The molecule has 0 radical (unpaired) electrons. The van der Waals surface area contributed by atoms with Crippen LogP contribution >= 0.6 is 0 Å². The molecule has 31 heavy (non-hydrogen) atoms. The standard InChI is InChI=1S/C23H21FN2O4S/c1-3-4-5-6-15-30-22-21(17-7-13-20(14-8-17)31(2,28)29)16-25-26(23(22)27)19-11-9-18(24)10-12-19/h3,6-16H,1,4-5H2,2H3. The fourth-order valence-electron chi connectivity index (χ4n) is 2.80. The van der Waals surface area contributed by atoms with E-state index in [9.17, 15) is 17.6 Å². The summed E-state index contributed by atoms with van der Waals surface area (Å²) in [6.45, 7) is 3.65. The summed E-state index contributed by atoms with van der Waals surface area (Å²) in [5.41, 5.74) is 0.810. The summed E-state index contributed by atoms with van der Waals surface area (Å²) in [6.07, 6.45) is 8.98. The van der Waals surface area contributed by atoms with Crippen LogP contribution < -0.4 is 10.3 Å². The highest BCUT2D eigenvalue weighted by Crippen LogP contribution is 2.28. The van der Waals surface area contributed by atoms with Gasteiger partial charge in [-0.25, -0.2) is 12.8 Å². The third-order valence-corrected chi connectivity index (χ3v) is 5.55. The molecule has 6 nitrogen and oxygen atoms in total. The summed E-state index contributed by atoms with van der Waals surface area (Å²) in [4.78, 5) is 13.3. The Labute approximate surface area is 179 Å².